The quantitative estimate of drug-likeness (QED) is 0.709. The third-order valence-corrected chi connectivity index (χ3v) is 6.37. The Labute approximate surface area is 179 Å². The van der Waals surface area contributed by atoms with Crippen LogP contribution in [0.5, 0.6) is 0 Å². The number of rotatable bonds is 7. The average molecular weight is 408 g/mol. The van der Waals surface area contributed by atoms with Gasteiger partial charge in [0.1, 0.15) is 12.1 Å². The van der Waals surface area contributed by atoms with E-state index in [2.05, 4.69) is 32.0 Å². The predicted molar refractivity (Wildman–Crippen MR) is 121 cm³/mol. The highest BCUT2D eigenvalue weighted by atomic mass is 16.1. The highest BCUT2D eigenvalue weighted by molar-refractivity contribution is 5.94. The number of aromatic nitrogens is 2. The zero-order valence-electron chi connectivity index (χ0n) is 18.0. The number of carbonyl (C=O) groups excluding carboxylic acids is 1. The van der Waals surface area contributed by atoms with Gasteiger partial charge in [0.2, 0.25) is 0 Å². The lowest BCUT2D eigenvalue weighted by Crippen LogP contribution is -2.39. The summed E-state index contributed by atoms with van der Waals surface area (Å²) in [5.41, 5.74) is 2.60. The number of amides is 1. The van der Waals surface area contributed by atoms with Crippen LogP contribution in [0, 0.1) is 0 Å². The lowest BCUT2D eigenvalue weighted by atomic mass is 10.0. The maximum atomic E-state index is 12.5. The Morgan fingerprint density at radius 3 is 2.60 bits per heavy atom. The summed E-state index contributed by atoms with van der Waals surface area (Å²) in [6.45, 7) is 7.41. The van der Waals surface area contributed by atoms with Gasteiger partial charge >= 0.3 is 0 Å². The van der Waals surface area contributed by atoms with Crippen LogP contribution in [0.1, 0.15) is 55.8 Å². The van der Waals surface area contributed by atoms with Gasteiger partial charge in [0, 0.05) is 49.4 Å². The summed E-state index contributed by atoms with van der Waals surface area (Å²) in [5, 5.41) is 3.06. The fourth-order valence-corrected chi connectivity index (χ4v) is 4.49. The number of hydrogen-bond donors (Lipinski definition) is 1. The molecular formula is C24H33N5O. The zero-order valence-corrected chi connectivity index (χ0v) is 18.0. The van der Waals surface area contributed by atoms with Crippen molar-refractivity contribution >= 4 is 11.7 Å². The lowest BCUT2D eigenvalue weighted by Gasteiger charge is -2.33. The van der Waals surface area contributed by atoms with Crippen molar-refractivity contribution in [3.05, 3.63) is 42.2 Å². The van der Waals surface area contributed by atoms with E-state index < -0.39 is 0 Å². The van der Waals surface area contributed by atoms with Gasteiger partial charge in [-0.3, -0.25) is 4.79 Å². The van der Waals surface area contributed by atoms with E-state index in [0.29, 0.717) is 11.6 Å². The van der Waals surface area contributed by atoms with Gasteiger partial charge in [-0.2, -0.15) is 0 Å². The number of nitrogens with one attached hydrogen (secondary N) is 1. The summed E-state index contributed by atoms with van der Waals surface area (Å²) in [5.74, 6) is 0.982. The molecule has 0 radical (unpaired) electrons. The molecule has 0 unspecified atom stereocenters. The molecule has 1 aromatic heterocycles. The van der Waals surface area contributed by atoms with E-state index in [9.17, 15) is 4.79 Å². The SMILES string of the molecule is C[C@H]1CCCCN1CCCNC(=O)c1ccc(-c2cc(N3CCCC3)ncn2)cc1. The Balaban J connectivity index is 1.29. The number of anilines is 1. The average Bonchev–Trinajstić information content (AvgIpc) is 3.33. The summed E-state index contributed by atoms with van der Waals surface area (Å²) in [4.78, 5) is 26.2. The minimum absolute atomic E-state index is 0.00585. The first kappa shape index (κ1) is 20.8. The van der Waals surface area contributed by atoms with Crippen LogP contribution in [0.15, 0.2) is 36.7 Å². The fourth-order valence-electron chi connectivity index (χ4n) is 4.49. The second kappa shape index (κ2) is 10.0. The fraction of sp³-hybridized carbons (Fsp3) is 0.542. The third-order valence-electron chi connectivity index (χ3n) is 6.37. The lowest BCUT2D eigenvalue weighted by molar-refractivity contribution is 0.0949. The number of hydrogen-bond acceptors (Lipinski definition) is 5. The van der Waals surface area contributed by atoms with Gasteiger partial charge in [-0.15, -0.1) is 0 Å². The normalized spacial score (nSPS) is 19.8. The van der Waals surface area contributed by atoms with Crippen molar-refractivity contribution in [2.24, 2.45) is 0 Å². The highest BCUT2D eigenvalue weighted by Gasteiger charge is 2.17. The molecule has 4 rings (SSSR count). The summed E-state index contributed by atoms with van der Waals surface area (Å²) >= 11 is 0. The van der Waals surface area contributed by atoms with Gasteiger partial charge in [0.15, 0.2) is 0 Å². The van der Waals surface area contributed by atoms with Crippen LogP contribution in [-0.2, 0) is 0 Å². The summed E-state index contributed by atoms with van der Waals surface area (Å²) < 4.78 is 0. The van der Waals surface area contributed by atoms with Gasteiger partial charge in [-0.25, -0.2) is 9.97 Å². The largest absolute Gasteiger partial charge is 0.357 e. The maximum Gasteiger partial charge on any atom is 0.251 e. The van der Waals surface area contributed by atoms with Crippen molar-refractivity contribution in [1.29, 1.82) is 0 Å². The van der Waals surface area contributed by atoms with Crippen LogP contribution < -0.4 is 10.2 Å². The monoisotopic (exact) mass is 407 g/mol. The first-order valence-electron chi connectivity index (χ1n) is 11.4. The Hall–Kier alpha value is -2.47. The molecular weight excluding hydrogens is 374 g/mol. The van der Waals surface area contributed by atoms with Crippen LogP contribution >= 0.6 is 0 Å². The molecule has 2 aliphatic rings. The van der Waals surface area contributed by atoms with Gasteiger partial charge in [-0.05, 0) is 57.7 Å². The minimum atomic E-state index is -0.00585. The molecule has 1 amide bonds. The Morgan fingerprint density at radius 1 is 1.07 bits per heavy atom. The number of carbonyl (C=O) groups is 1. The molecule has 6 heteroatoms. The van der Waals surface area contributed by atoms with Crippen molar-refractivity contribution in [3.63, 3.8) is 0 Å². The number of nitrogens with zero attached hydrogens (tertiary/aromatic N) is 4. The van der Waals surface area contributed by atoms with Crippen molar-refractivity contribution in [2.45, 2.75) is 51.5 Å². The van der Waals surface area contributed by atoms with Gasteiger partial charge in [0.05, 0.1) is 5.69 Å². The topological polar surface area (TPSA) is 61.4 Å². The maximum absolute atomic E-state index is 12.5. The molecule has 2 aliphatic heterocycles. The summed E-state index contributed by atoms with van der Waals surface area (Å²) in [6.07, 6.45) is 9.01. The van der Waals surface area contributed by atoms with Crippen LogP contribution in [0.25, 0.3) is 11.3 Å². The van der Waals surface area contributed by atoms with Crippen LogP contribution in [0.2, 0.25) is 0 Å². The first-order valence-corrected chi connectivity index (χ1v) is 11.4. The number of piperidine rings is 1. The molecule has 2 saturated heterocycles. The van der Waals surface area contributed by atoms with Gasteiger partial charge < -0.3 is 15.1 Å². The molecule has 2 aromatic rings. The van der Waals surface area contributed by atoms with Crippen LogP contribution in [-0.4, -0.2) is 59.5 Å². The van der Waals surface area contributed by atoms with E-state index in [1.807, 2.05) is 30.3 Å². The molecule has 3 heterocycles. The zero-order chi connectivity index (χ0) is 20.8. The van der Waals surface area contributed by atoms with E-state index in [0.717, 1.165) is 49.7 Å². The van der Waals surface area contributed by atoms with E-state index in [4.69, 9.17) is 0 Å². The Morgan fingerprint density at radius 2 is 1.83 bits per heavy atom. The molecule has 1 atom stereocenters. The predicted octanol–water partition coefficient (Wildman–Crippen LogP) is 3.74. The second-order valence-corrected chi connectivity index (χ2v) is 8.52. The highest BCUT2D eigenvalue weighted by Crippen LogP contribution is 2.23. The number of benzene rings is 1. The van der Waals surface area contributed by atoms with E-state index in [1.165, 1.54) is 38.6 Å². The van der Waals surface area contributed by atoms with Crippen molar-refractivity contribution in [2.75, 3.05) is 37.6 Å². The molecule has 0 aliphatic carbocycles. The molecule has 30 heavy (non-hydrogen) atoms. The molecule has 1 N–H and O–H groups in total. The molecule has 1 aromatic carbocycles. The standard InChI is InChI=1S/C24H33N5O/c1-19-7-2-3-13-28(19)16-6-12-25-24(30)21-10-8-20(9-11-21)22-17-23(27-18-26-22)29-14-4-5-15-29/h8-11,17-19H,2-7,12-16H2,1H3,(H,25,30)/t19-/m0/s1. The third kappa shape index (κ3) is 5.17. The van der Waals surface area contributed by atoms with E-state index in [-0.39, 0.29) is 5.91 Å². The first-order chi connectivity index (χ1) is 14.7. The van der Waals surface area contributed by atoms with Gasteiger partial charge in [-0.1, -0.05) is 18.6 Å². The smallest absolute Gasteiger partial charge is 0.251 e. The molecule has 6 nitrogen and oxygen atoms in total. The van der Waals surface area contributed by atoms with Crippen molar-refractivity contribution in [3.8, 4) is 11.3 Å². The van der Waals surface area contributed by atoms with E-state index >= 15 is 0 Å². The minimum Gasteiger partial charge on any atom is -0.357 e. The van der Waals surface area contributed by atoms with Crippen LogP contribution in [0.4, 0.5) is 5.82 Å². The molecule has 2 fully saturated rings. The summed E-state index contributed by atoms with van der Waals surface area (Å²) in [7, 11) is 0. The summed E-state index contributed by atoms with van der Waals surface area (Å²) in [6, 6.07) is 10.4. The van der Waals surface area contributed by atoms with Gasteiger partial charge in [0.25, 0.3) is 5.91 Å². The molecule has 0 spiro atoms. The second-order valence-electron chi connectivity index (χ2n) is 8.52. The molecule has 0 bridgehead atoms. The van der Waals surface area contributed by atoms with Crippen LogP contribution in [0.3, 0.4) is 0 Å². The Bertz CT molecular complexity index is 832. The van der Waals surface area contributed by atoms with Crippen molar-refractivity contribution in [1.82, 2.24) is 20.2 Å². The molecule has 0 saturated carbocycles. The van der Waals surface area contributed by atoms with Crippen molar-refractivity contribution < 1.29 is 4.79 Å². The number of likely N-dealkylation sites (tertiary alicyclic amines) is 1. The molecule has 160 valence electrons. The Kier molecular flexibility index (Phi) is 6.95. The van der Waals surface area contributed by atoms with E-state index in [1.54, 1.807) is 6.33 Å².